The molecule has 2 heteroatoms. The van der Waals surface area contributed by atoms with Crippen molar-refractivity contribution < 1.29 is 4.74 Å². The van der Waals surface area contributed by atoms with E-state index in [0.29, 0.717) is 0 Å². The third-order valence-electron chi connectivity index (χ3n) is 2.36. The second-order valence-corrected chi connectivity index (χ2v) is 3.68. The first-order valence-electron chi connectivity index (χ1n) is 5.13. The van der Waals surface area contributed by atoms with Gasteiger partial charge in [-0.05, 0) is 38.3 Å². The van der Waals surface area contributed by atoms with Crippen molar-refractivity contribution in [2.45, 2.75) is 32.1 Å². The summed E-state index contributed by atoms with van der Waals surface area (Å²) < 4.78 is 4.96. The van der Waals surface area contributed by atoms with E-state index in [1.54, 1.807) is 7.11 Å². The molecule has 0 aromatic carbocycles. The molecular weight excluding hydrogens is 150 g/mol. The minimum atomic E-state index is 0.885. The van der Waals surface area contributed by atoms with Crippen LogP contribution in [0.3, 0.4) is 0 Å². The molecule has 0 amide bonds. The standard InChI is InChI=1S/C10H21NO/c1-12-9-3-8-11-7-2-4-10-5-6-10/h10-11H,2-9H2,1H3. The number of hydrogen-bond acceptors (Lipinski definition) is 2. The van der Waals surface area contributed by atoms with Crippen molar-refractivity contribution in [3.05, 3.63) is 0 Å². The summed E-state index contributed by atoms with van der Waals surface area (Å²) in [7, 11) is 1.76. The van der Waals surface area contributed by atoms with Gasteiger partial charge in [0, 0.05) is 13.7 Å². The fourth-order valence-electron chi connectivity index (χ4n) is 1.39. The summed E-state index contributed by atoms with van der Waals surface area (Å²) in [6.07, 6.45) is 6.92. The van der Waals surface area contributed by atoms with Crippen LogP contribution in [0, 0.1) is 5.92 Å². The molecule has 0 aliphatic heterocycles. The maximum atomic E-state index is 4.96. The molecule has 72 valence electrons. The van der Waals surface area contributed by atoms with E-state index in [1.165, 1.54) is 32.2 Å². The lowest BCUT2D eigenvalue weighted by Gasteiger charge is -2.03. The lowest BCUT2D eigenvalue weighted by molar-refractivity contribution is 0.194. The highest BCUT2D eigenvalue weighted by Gasteiger charge is 2.19. The van der Waals surface area contributed by atoms with Gasteiger partial charge in [-0.1, -0.05) is 12.8 Å². The summed E-state index contributed by atoms with van der Waals surface area (Å²) in [4.78, 5) is 0. The Morgan fingerprint density at radius 2 is 2.00 bits per heavy atom. The Balaban J connectivity index is 1.65. The SMILES string of the molecule is COCCCNCCCC1CC1. The van der Waals surface area contributed by atoms with E-state index in [4.69, 9.17) is 4.74 Å². The van der Waals surface area contributed by atoms with E-state index < -0.39 is 0 Å². The summed E-state index contributed by atoms with van der Waals surface area (Å²) in [6.45, 7) is 3.19. The van der Waals surface area contributed by atoms with Crippen molar-refractivity contribution in [3.63, 3.8) is 0 Å². The van der Waals surface area contributed by atoms with E-state index in [-0.39, 0.29) is 0 Å². The van der Waals surface area contributed by atoms with Crippen LogP contribution < -0.4 is 5.32 Å². The fourth-order valence-corrected chi connectivity index (χ4v) is 1.39. The van der Waals surface area contributed by atoms with Crippen molar-refractivity contribution in [2.75, 3.05) is 26.8 Å². The lowest BCUT2D eigenvalue weighted by atomic mass is 10.2. The van der Waals surface area contributed by atoms with Crippen LogP contribution in [0.2, 0.25) is 0 Å². The molecular formula is C10H21NO. The molecule has 0 atom stereocenters. The van der Waals surface area contributed by atoms with Crippen molar-refractivity contribution >= 4 is 0 Å². The van der Waals surface area contributed by atoms with Crippen LogP contribution in [0.15, 0.2) is 0 Å². The zero-order valence-corrected chi connectivity index (χ0v) is 8.14. The largest absolute Gasteiger partial charge is 0.385 e. The van der Waals surface area contributed by atoms with Gasteiger partial charge in [0.15, 0.2) is 0 Å². The lowest BCUT2D eigenvalue weighted by Crippen LogP contribution is -2.17. The van der Waals surface area contributed by atoms with Gasteiger partial charge in [-0.3, -0.25) is 0 Å². The Hall–Kier alpha value is -0.0800. The Morgan fingerprint density at radius 3 is 2.67 bits per heavy atom. The number of hydrogen-bond donors (Lipinski definition) is 1. The van der Waals surface area contributed by atoms with Crippen LogP contribution in [0.1, 0.15) is 32.1 Å². The molecule has 0 unspecified atom stereocenters. The first-order valence-corrected chi connectivity index (χ1v) is 5.13. The predicted molar refractivity (Wildman–Crippen MR) is 51.3 cm³/mol. The highest BCUT2D eigenvalue weighted by Crippen LogP contribution is 2.33. The molecule has 1 saturated carbocycles. The first kappa shape index (κ1) is 10.0. The number of rotatable bonds is 8. The fraction of sp³-hybridized carbons (Fsp3) is 1.00. The highest BCUT2D eigenvalue weighted by atomic mass is 16.5. The second kappa shape index (κ2) is 6.44. The molecule has 0 aromatic heterocycles. The molecule has 1 rings (SSSR count). The average molecular weight is 171 g/mol. The Morgan fingerprint density at radius 1 is 1.25 bits per heavy atom. The number of methoxy groups -OCH3 is 1. The first-order chi connectivity index (χ1) is 5.93. The third kappa shape index (κ3) is 5.56. The summed E-state index contributed by atoms with van der Waals surface area (Å²) in [5, 5.41) is 3.42. The molecule has 1 aliphatic rings. The van der Waals surface area contributed by atoms with Gasteiger partial charge in [0.1, 0.15) is 0 Å². The quantitative estimate of drug-likeness (QED) is 0.562. The average Bonchev–Trinajstić information content (AvgIpc) is 2.87. The molecule has 1 N–H and O–H groups in total. The minimum absolute atomic E-state index is 0.885. The van der Waals surface area contributed by atoms with Crippen LogP contribution in [0.4, 0.5) is 0 Å². The molecule has 0 heterocycles. The zero-order valence-electron chi connectivity index (χ0n) is 8.14. The summed E-state index contributed by atoms with van der Waals surface area (Å²) in [5.74, 6) is 1.09. The Kier molecular flexibility index (Phi) is 5.37. The van der Waals surface area contributed by atoms with E-state index in [9.17, 15) is 0 Å². The molecule has 2 nitrogen and oxygen atoms in total. The van der Waals surface area contributed by atoms with Crippen molar-refractivity contribution in [3.8, 4) is 0 Å². The highest BCUT2D eigenvalue weighted by molar-refractivity contribution is 4.72. The van der Waals surface area contributed by atoms with E-state index in [0.717, 1.165) is 25.5 Å². The van der Waals surface area contributed by atoms with Crippen LogP contribution >= 0.6 is 0 Å². The second-order valence-electron chi connectivity index (χ2n) is 3.68. The molecule has 0 bridgehead atoms. The van der Waals surface area contributed by atoms with Crippen LogP contribution in [-0.2, 0) is 4.74 Å². The smallest absolute Gasteiger partial charge is 0.0474 e. The Labute approximate surface area is 75.7 Å². The van der Waals surface area contributed by atoms with Gasteiger partial charge < -0.3 is 10.1 Å². The van der Waals surface area contributed by atoms with Gasteiger partial charge in [0.25, 0.3) is 0 Å². The molecule has 0 aromatic rings. The molecule has 0 spiro atoms. The normalized spacial score (nSPS) is 16.8. The molecule has 0 saturated heterocycles. The van der Waals surface area contributed by atoms with Gasteiger partial charge in [-0.2, -0.15) is 0 Å². The number of nitrogens with one attached hydrogen (secondary N) is 1. The topological polar surface area (TPSA) is 21.3 Å². The maximum absolute atomic E-state index is 4.96. The summed E-state index contributed by atoms with van der Waals surface area (Å²) >= 11 is 0. The Bertz CT molecular complexity index is 102. The molecule has 1 fully saturated rings. The van der Waals surface area contributed by atoms with Gasteiger partial charge in [0.05, 0.1) is 0 Å². The monoisotopic (exact) mass is 171 g/mol. The van der Waals surface area contributed by atoms with Gasteiger partial charge in [0.2, 0.25) is 0 Å². The van der Waals surface area contributed by atoms with Gasteiger partial charge in [-0.25, -0.2) is 0 Å². The van der Waals surface area contributed by atoms with E-state index in [1.807, 2.05) is 0 Å². The minimum Gasteiger partial charge on any atom is -0.385 e. The number of ether oxygens (including phenoxy) is 1. The third-order valence-corrected chi connectivity index (χ3v) is 2.36. The molecule has 1 aliphatic carbocycles. The maximum Gasteiger partial charge on any atom is 0.0474 e. The van der Waals surface area contributed by atoms with Crippen LogP contribution in [0.25, 0.3) is 0 Å². The van der Waals surface area contributed by atoms with Gasteiger partial charge in [-0.15, -0.1) is 0 Å². The van der Waals surface area contributed by atoms with Crippen LogP contribution in [-0.4, -0.2) is 26.8 Å². The van der Waals surface area contributed by atoms with Gasteiger partial charge >= 0.3 is 0 Å². The van der Waals surface area contributed by atoms with Crippen molar-refractivity contribution in [1.29, 1.82) is 0 Å². The molecule has 0 radical (unpaired) electrons. The van der Waals surface area contributed by atoms with E-state index in [2.05, 4.69) is 5.32 Å². The van der Waals surface area contributed by atoms with E-state index >= 15 is 0 Å². The van der Waals surface area contributed by atoms with Crippen molar-refractivity contribution in [1.82, 2.24) is 5.32 Å². The zero-order chi connectivity index (χ0) is 8.65. The van der Waals surface area contributed by atoms with Crippen molar-refractivity contribution in [2.24, 2.45) is 5.92 Å². The van der Waals surface area contributed by atoms with Crippen LogP contribution in [0.5, 0.6) is 0 Å². The summed E-state index contributed by atoms with van der Waals surface area (Å²) in [6, 6.07) is 0. The summed E-state index contributed by atoms with van der Waals surface area (Å²) in [5.41, 5.74) is 0. The molecule has 12 heavy (non-hydrogen) atoms. The predicted octanol–water partition coefficient (Wildman–Crippen LogP) is 1.80.